The second-order valence-electron chi connectivity index (χ2n) is 5.16. The molecule has 120 valence electrons. The number of halogens is 2. The molecular formula is C17H22F2N2O. The topological polar surface area (TPSA) is 28.4 Å². The van der Waals surface area contributed by atoms with Crippen LogP contribution in [-0.4, -0.2) is 24.5 Å². The first-order valence-electron chi connectivity index (χ1n) is 7.57. The van der Waals surface area contributed by atoms with Gasteiger partial charge in [0.1, 0.15) is 17.4 Å². The van der Waals surface area contributed by atoms with Crippen molar-refractivity contribution < 1.29 is 13.2 Å². The molecule has 0 bridgehead atoms. The van der Waals surface area contributed by atoms with Crippen LogP contribution in [0.1, 0.15) is 31.2 Å². The van der Waals surface area contributed by atoms with E-state index in [1.807, 2.05) is 12.1 Å². The summed E-state index contributed by atoms with van der Waals surface area (Å²) >= 11 is 0. The fraction of sp³-hybridized carbons (Fsp3) is 0.412. The van der Waals surface area contributed by atoms with Crippen molar-refractivity contribution in [2.75, 3.05) is 19.6 Å². The van der Waals surface area contributed by atoms with Crippen molar-refractivity contribution in [3.05, 3.63) is 59.6 Å². The number of nitrogens with zero attached hydrogens (tertiary/aromatic N) is 1. The molecule has 1 heterocycles. The van der Waals surface area contributed by atoms with Crippen molar-refractivity contribution in [2.45, 2.75) is 26.4 Å². The van der Waals surface area contributed by atoms with Crippen LogP contribution in [0.3, 0.4) is 0 Å². The molecule has 3 nitrogen and oxygen atoms in total. The Morgan fingerprint density at radius 2 is 1.82 bits per heavy atom. The third-order valence-corrected chi connectivity index (χ3v) is 3.71. The average molecular weight is 308 g/mol. The van der Waals surface area contributed by atoms with E-state index in [0.29, 0.717) is 18.7 Å². The zero-order chi connectivity index (χ0) is 15.9. The molecule has 2 aromatic rings. The minimum atomic E-state index is -0.553. The van der Waals surface area contributed by atoms with Gasteiger partial charge < -0.3 is 9.73 Å². The smallest absolute Gasteiger partial charge is 0.126 e. The van der Waals surface area contributed by atoms with Gasteiger partial charge in [-0.05, 0) is 42.9 Å². The molecule has 0 radical (unpaired) electrons. The normalized spacial score (nSPS) is 12.8. The molecule has 1 aromatic carbocycles. The van der Waals surface area contributed by atoms with Gasteiger partial charge in [-0.1, -0.05) is 13.8 Å². The first-order valence-corrected chi connectivity index (χ1v) is 7.57. The third-order valence-electron chi connectivity index (χ3n) is 3.71. The molecule has 1 N–H and O–H groups in total. The molecule has 0 saturated carbocycles. The molecule has 0 fully saturated rings. The van der Waals surface area contributed by atoms with E-state index in [0.717, 1.165) is 24.9 Å². The molecule has 5 heteroatoms. The molecule has 1 aromatic heterocycles. The second kappa shape index (κ2) is 8.06. The van der Waals surface area contributed by atoms with Gasteiger partial charge in [0.25, 0.3) is 0 Å². The van der Waals surface area contributed by atoms with Crippen molar-refractivity contribution in [1.82, 2.24) is 10.2 Å². The van der Waals surface area contributed by atoms with Crippen LogP contribution in [0.15, 0.2) is 41.0 Å². The summed E-state index contributed by atoms with van der Waals surface area (Å²) in [6.07, 6.45) is 1.66. The van der Waals surface area contributed by atoms with Gasteiger partial charge in [-0.15, -0.1) is 0 Å². The molecule has 0 aliphatic heterocycles. The highest BCUT2D eigenvalue weighted by Gasteiger charge is 2.20. The molecule has 0 spiro atoms. The van der Waals surface area contributed by atoms with E-state index in [2.05, 4.69) is 24.1 Å². The predicted molar refractivity (Wildman–Crippen MR) is 82.4 cm³/mol. The summed E-state index contributed by atoms with van der Waals surface area (Å²) in [6, 6.07) is 7.49. The second-order valence-corrected chi connectivity index (χ2v) is 5.16. The molecule has 0 aliphatic carbocycles. The van der Waals surface area contributed by atoms with E-state index in [4.69, 9.17) is 4.42 Å². The average Bonchev–Trinajstić information content (AvgIpc) is 2.99. The Morgan fingerprint density at radius 1 is 1.14 bits per heavy atom. The van der Waals surface area contributed by atoms with Crippen molar-refractivity contribution in [1.29, 1.82) is 0 Å². The van der Waals surface area contributed by atoms with Crippen LogP contribution in [0.4, 0.5) is 8.78 Å². The van der Waals surface area contributed by atoms with E-state index in [-0.39, 0.29) is 6.04 Å². The van der Waals surface area contributed by atoms with Crippen LogP contribution in [-0.2, 0) is 6.54 Å². The molecule has 0 amide bonds. The summed E-state index contributed by atoms with van der Waals surface area (Å²) in [5.74, 6) is -0.215. The monoisotopic (exact) mass is 308 g/mol. The van der Waals surface area contributed by atoms with Crippen LogP contribution in [0.5, 0.6) is 0 Å². The van der Waals surface area contributed by atoms with E-state index < -0.39 is 11.6 Å². The lowest BCUT2D eigenvalue weighted by Gasteiger charge is -2.28. The zero-order valence-corrected chi connectivity index (χ0v) is 13.0. The zero-order valence-electron chi connectivity index (χ0n) is 13.0. The predicted octanol–water partition coefficient (Wildman–Crippen LogP) is 3.73. The standard InChI is InChI=1S/C17H22F2N2O/c1-3-21(4-2)16(17-6-5-7-22-17)12-20-11-13-8-14(18)10-15(19)9-13/h5-10,16,20H,3-4,11-12H2,1-2H3. The van der Waals surface area contributed by atoms with Crippen LogP contribution in [0.2, 0.25) is 0 Å². The summed E-state index contributed by atoms with van der Waals surface area (Å²) in [6.45, 7) is 7.06. The van der Waals surface area contributed by atoms with Gasteiger partial charge in [0, 0.05) is 19.2 Å². The number of likely N-dealkylation sites (N-methyl/N-ethyl adjacent to an activating group) is 1. The molecule has 22 heavy (non-hydrogen) atoms. The quantitative estimate of drug-likeness (QED) is 0.805. The van der Waals surface area contributed by atoms with Crippen LogP contribution >= 0.6 is 0 Å². The van der Waals surface area contributed by atoms with E-state index in [9.17, 15) is 8.78 Å². The minimum Gasteiger partial charge on any atom is -0.468 e. The van der Waals surface area contributed by atoms with Crippen LogP contribution < -0.4 is 5.32 Å². The maximum atomic E-state index is 13.2. The van der Waals surface area contributed by atoms with Gasteiger partial charge >= 0.3 is 0 Å². The lowest BCUT2D eigenvalue weighted by molar-refractivity contribution is 0.188. The van der Waals surface area contributed by atoms with Crippen molar-refractivity contribution >= 4 is 0 Å². The van der Waals surface area contributed by atoms with Gasteiger partial charge in [-0.25, -0.2) is 8.78 Å². The maximum Gasteiger partial charge on any atom is 0.126 e. The van der Waals surface area contributed by atoms with Crippen molar-refractivity contribution in [3.63, 3.8) is 0 Å². The van der Waals surface area contributed by atoms with Gasteiger partial charge in [0.15, 0.2) is 0 Å². The Kier molecular flexibility index (Phi) is 6.10. The number of hydrogen-bond acceptors (Lipinski definition) is 3. The van der Waals surface area contributed by atoms with Gasteiger partial charge in [-0.3, -0.25) is 4.90 Å². The molecule has 1 unspecified atom stereocenters. The first-order chi connectivity index (χ1) is 10.6. The summed E-state index contributed by atoms with van der Waals surface area (Å²) in [4.78, 5) is 2.28. The van der Waals surface area contributed by atoms with Gasteiger partial charge in [-0.2, -0.15) is 0 Å². The highest BCUT2D eigenvalue weighted by molar-refractivity contribution is 5.17. The Bertz CT molecular complexity index is 548. The Labute approximate surface area is 129 Å². The minimum absolute atomic E-state index is 0.100. The maximum absolute atomic E-state index is 13.2. The number of benzene rings is 1. The molecule has 2 rings (SSSR count). The van der Waals surface area contributed by atoms with Gasteiger partial charge in [0.05, 0.1) is 12.3 Å². The van der Waals surface area contributed by atoms with E-state index in [1.165, 1.54) is 12.1 Å². The Balaban J connectivity index is 1.99. The summed E-state index contributed by atoms with van der Waals surface area (Å²) in [5.41, 5.74) is 0.593. The van der Waals surface area contributed by atoms with Crippen LogP contribution in [0, 0.1) is 11.6 Å². The molecule has 1 atom stereocenters. The largest absolute Gasteiger partial charge is 0.468 e. The van der Waals surface area contributed by atoms with E-state index in [1.54, 1.807) is 6.26 Å². The number of furan rings is 1. The fourth-order valence-corrected chi connectivity index (χ4v) is 2.62. The Hall–Kier alpha value is -1.72. The molecular weight excluding hydrogens is 286 g/mol. The molecule has 0 aliphatic rings. The summed E-state index contributed by atoms with van der Waals surface area (Å²) < 4.78 is 31.9. The van der Waals surface area contributed by atoms with Crippen molar-refractivity contribution in [2.24, 2.45) is 0 Å². The summed E-state index contributed by atoms with van der Waals surface area (Å²) in [7, 11) is 0. The molecule has 0 saturated heterocycles. The third kappa shape index (κ3) is 4.39. The lowest BCUT2D eigenvalue weighted by Crippen LogP contribution is -2.35. The van der Waals surface area contributed by atoms with E-state index >= 15 is 0 Å². The fourth-order valence-electron chi connectivity index (χ4n) is 2.62. The lowest BCUT2D eigenvalue weighted by atomic mass is 10.1. The highest BCUT2D eigenvalue weighted by atomic mass is 19.1. The Morgan fingerprint density at radius 3 is 2.36 bits per heavy atom. The SMILES string of the molecule is CCN(CC)C(CNCc1cc(F)cc(F)c1)c1ccco1. The number of nitrogens with one attached hydrogen (secondary N) is 1. The number of hydrogen-bond donors (Lipinski definition) is 1. The van der Waals surface area contributed by atoms with Crippen LogP contribution in [0.25, 0.3) is 0 Å². The first kappa shape index (κ1) is 16.6. The van der Waals surface area contributed by atoms with Gasteiger partial charge in [0.2, 0.25) is 0 Å². The highest BCUT2D eigenvalue weighted by Crippen LogP contribution is 2.20. The summed E-state index contributed by atoms with van der Waals surface area (Å²) in [5, 5.41) is 3.26. The van der Waals surface area contributed by atoms with Crippen molar-refractivity contribution in [3.8, 4) is 0 Å². The number of rotatable bonds is 8.